The molecule has 1 aromatic carbocycles. The summed E-state index contributed by atoms with van der Waals surface area (Å²) in [5.74, 6) is 1.65. The summed E-state index contributed by atoms with van der Waals surface area (Å²) < 4.78 is 5.45. The van der Waals surface area contributed by atoms with E-state index in [4.69, 9.17) is 4.74 Å². The highest BCUT2D eigenvalue weighted by molar-refractivity contribution is 5.85. The molecule has 82 valence electrons. The lowest BCUT2D eigenvalue weighted by Gasteiger charge is -2.10. The summed E-state index contributed by atoms with van der Waals surface area (Å²) >= 11 is 0. The lowest BCUT2D eigenvalue weighted by Crippen LogP contribution is -1.94. The van der Waals surface area contributed by atoms with E-state index < -0.39 is 0 Å². The van der Waals surface area contributed by atoms with Gasteiger partial charge in [-0.3, -0.25) is 4.98 Å². The zero-order valence-electron chi connectivity index (χ0n) is 9.66. The predicted molar refractivity (Wildman–Crippen MR) is 65.0 cm³/mol. The number of aromatic nitrogens is 1. The number of hydrogen-bond acceptors (Lipinski definition) is 2. The monoisotopic (exact) mass is 213 g/mol. The van der Waals surface area contributed by atoms with E-state index in [1.807, 2.05) is 6.92 Å². The number of benzene rings is 1. The molecule has 0 N–H and O–H groups in total. The quantitative estimate of drug-likeness (QED) is 0.762. The third-order valence-electron chi connectivity index (χ3n) is 3.21. The Kier molecular flexibility index (Phi) is 2.10. The Balaban J connectivity index is 2.33. The summed E-state index contributed by atoms with van der Waals surface area (Å²) in [6, 6.07) is 8.36. The van der Waals surface area contributed by atoms with Gasteiger partial charge in [0.25, 0.3) is 0 Å². The maximum atomic E-state index is 5.45. The average Bonchev–Trinajstić information content (AvgIpc) is 3.11. The van der Waals surface area contributed by atoms with E-state index in [0.29, 0.717) is 5.92 Å². The van der Waals surface area contributed by atoms with Gasteiger partial charge in [0.15, 0.2) is 0 Å². The molecule has 0 aliphatic heterocycles. The Bertz CT molecular complexity index is 544. The van der Waals surface area contributed by atoms with Crippen LogP contribution in [0.2, 0.25) is 0 Å². The van der Waals surface area contributed by atoms with E-state index >= 15 is 0 Å². The van der Waals surface area contributed by atoms with Crippen molar-refractivity contribution < 1.29 is 4.74 Å². The van der Waals surface area contributed by atoms with Crippen molar-refractivity contribution >= 4 is 10.9 Å². The molecular formula is C14H15NO. The first-order valence-corrected chi connectivity index (χ1v) is 5.74. The van der Waals surface area contributed by atoms with Gasteiger partial charge in [-0.2, -0.15) is 0 Å². The molecule has 1 saturated carbocycles. The standard InChI is InChI=1S/C14H15NO/c1-9-3-4-11-7-8-12(16-2)13(10-5-6-10)14(11)15-9/h3-4,7-8,10H,5-6H2,1-2H3. The summed E-state index contributed by atoms with van der Waals surface area (Å²) in [5, 5.41) is 1.22. The van der Waals surface area contributed by atoms with Crippen LogP contribution >= 0.6 is 0 Å². The Morgan fingerprint density at radius 2 is 1.94 bits per heavy atom. The summed E-state index contributed by atoms with van der Waals surface area (Å²) in [4.78, 5) is 4.67. The fraction of sp³-hybridized carbons (Fsp3) is 0.357. The molecule has 0 atom stereocenters. The number of ether oxygens (including phenoxy) is 1. The predicted octanol–water partition coefficient (Wildman–Crippen LogP) is 3.43. The molecule has 2 nitrogen and oxygen atoms in total. The van der Waals surface area contributed by atoms with Gasteiger partial charge in [-0.05, 0) is 43.9 Å². The fourth-order valence-corrected chi connectivity index (χ4v) is 2.23. The number of pyridine rings is 1. The third-order valence-corrected chi connectivity index (χ3v) is 3.21. The first-order chi connectivity index (χ1) is 7.79. The number of aryl methyl sites for hydroxylation is 1. The van der Waals surface area contributed by atoms with E-state index in [9.17, 15) is 0 Å². The van der Waals surface area contributed by atoms with Crippen LogP contribution in [0, 0.1) is 6.92 Å². The van der Waals surface area contributed by atoms with Crippen molar-refractivity contribution in [2.24, 2.45) is 0 Å². The van der Waals surface area contributed by atoms with Crippen molar-refractivity contribution in [3.8, 4) is 5.75 Å². The molecule has 0 radical (unpaired) electrons. The SMILES string of the molecule is COc1ccc2ccc(C)nc2c1C1CC1. The molecule has 3 rings (SSSR count). The highest BCUT2D eigenvalue weighted by Gasteiger charge is 2.29. The van der Waals surface area contributed by atoms with Gasteiger partial charge in [-0.25, -0.2) is 0 Å². The van der Waals surface area contributed by atoms with Crippen molar-refractivity contribution in [1.29, 1.82) is 0 Å². The van der Waals surface area contributed by atoms with Crippen LogP contribution in [0.4, 0.5) is 0 Å². The smallest absolute Gasteiger partial charge is 0.124 e. The Morgan fingerprint density at radius 1 is 1.19 bits per heavy atom. The van der Waals surface area contributed by atoms with Gasteiger partial charge in [0.1, 0.15) is 5.75 Å². The van der Waals surface area contributed by atoms with Gasteiger partial charge in [0.05, 0.1) is 12.6 Å². The van der Waals surface area contributed by atoms with Crippen LogP contribution in [0.1, 0.15) is 30.0 Å². The van der Waals surface area contributed by atoms with Gasteiger partial charge < -0.3 is 4.74 Å². The van der Waals surface area contributed by atoms with Crippen LogP contribution in [0.5, 0.6) is 5.75 Å². The number of methoxy groups -OCH3 is 1. The molecule has 0 bridgehead atoms. The largest absolute Gasteiger partial charge is 0.496 e. The summed E-state index contributed by atoms with van der Waals surface area (Å²) in [7, 11) is 1.74. The van der Waals surface area contributed by atoms with Crippen molar-refractivity contribution in [1.82, 2.24) is 4.98 Å². The Labute approximate surface area is 95.3 Å². The van der Waals surface area contributed by atoms with Gasteiger partial charge in [0.2, 0.25) is 0 Å². The molecule has 1 aliphatic rings. The van der Waals surface area contributed by atoms with E-state index in [1.165, 1.54) is 23.8 Å². The Morgan fingerprint density at radius 3 is 2.62 bits per heavy atom. The van der Waals surface area contributed by atoms with Crippen molar-refractivity contribution in [3.05, 3.63) is 35.5 Å². The highest BCUT2D eigenvalue weighted by atomic mass is 16.5. The average molecular weight is 213 g/mol. The van der Waals surface area contributed by atoms with E-state index in [1.54, 1.807) is 7.11 Å². The fourth-order valence-electron chi connectivity index (χ4n) is 2.23. The van der Waals surface area contributed by atoms with E-state index in [2.05, 4.69) is 29.2 Å². The molecule has 2 heteroatoms. The van der Waals surface area contributed by atoms with Crippen molar-refractivity contribution in [2.45, 2.75) is 25.7 Å². The van der Waals surface area contributed by atoms with Crippen molar-refractivity contribution in [3.63, 3.8) is 0 Å². The van der Waals surface area contributed by atoms with Crippen LogP contribution in [0.15, 0.2) is 24.3 Å². The Hall–Kier alpha value is -1.57. The second-order valence-electron chi connectivity index (χ2n) is 4.48. The molecule has 16 heavy (non-hydrogen) atoms. The third kappa shape index (κ3) is 1.45. The van der Waals surface area contributed by atoms with Crippen molar-refractivity contribution in [2.75, 3.05) is 7.11 Å². The molecular weight excluding hydrogens is 198 g/mol. The van der Waals surface area contributed by atoms with E-state index in [0.717, 1.165) is 17.0 Å². The van der Waals surface area contributed by atoms with Crippen LogP contribution in [0.3, 0.4) is 0 Å². The maximum Gasteiger partial charge on any atom is 0.124 e. The molecule has 0 spiro atoms. The minimum absolute atomic E-state index is 0.660. The molecule has 1 heterocycles. The normalized spacial score (nSPS) is 15.4. The van der Waals surface area contributed by atoms with Crippen LogP contribution in [0.25, 0.3) is 10.9 Å². The second-order valence-corrected chi connectivity index (χ2v) is 4.48. The molecule has 2 aromatic rings. The minimum atomic E-state index is 0.660. The van der Waals surface area contributed by atoms with Crippen LogP contribution < -0.4 is 4.74 Å². The number of nitrogens with zero attached hydrogens (tertiary/aromatic N) is 1. The number of rotatable bonds is 2. The number of fused-ring (bicyclic) bond motifs is 1. The van der Waals surface area contributed by atoms with Gasteiger partial charge in [-0.1, -0.05) is 6.07 Å². The zero-order valence-corrected chi connectivity index (χ0v) is 9.66. The lowest BCUT2D eigenvalue weighted by atomic mass is 10.0. The maximum absolute atomic E-state index is 5.45. The van der Waals surface area contributed by atoms with Gasteiger partial charge >= 0.3 is 0 Å². The topological polar surface area (TPSA) is 22.1 Å². The van der Waals surface area contributed by atoms with Gasteiger partial charge in [-0.15, -0.1) is 0 Å². The van der Waals surface area contributed by atoms with Gasteiger partial charge in [0, 0.05) is 16.6 Å². The molecule has 0 amide bonds. The molecule has 1 aromatic heterocycles. The molecule has 0 unspecified atom stereocenters. The number of hydrogen-bond donors (Lipinski definition) is 0. The summed E-state index contributed by atoms with van der Waals surface area (Å²) in [6.45, 7) is 2.04. The first-order valence-electron chi connectivity index (χ1n) is 5.74. The first kappa shape index (κ1) is 9.64. The lowest BCUT2D eigenvalue weighted by molar-refractivity contribution is 0.410. The van der Waals surface area contributed by atoms with Crippen LogP contribution in [-0.2, 0) is 0 Å². The van der Waals surface area contributed by atoms with Crippen LogP contribution in [-0.4, -0.2) is 12.1 Å². The highest BCUT2D eigenvalue weighted by Crippen LogP contribution is 2.46. The molecule has 1 fully saturated rings. The minimum Gasteiger partial charge on any atom is -0.496 e. The zero-order chi connectivity index (χ0) is 11.1. The molecule has 1 aliphatic carbocycles. The summed E-state index contributed by atoms with van der Waals surface area (Å²) in [5.41, 5.74) is 3.51. The summed E-state index contributed by atoms with van der Waals surface area (Å²) in [6.07, 6.45) is 2.54. The second kappa shape index (κ2) is 3.48. The molecule has 0 saturated heterocycles. The van der Waals surface area contributed by atoms with E-state index in [-0.39, 0.29) is 0 Å².